The van der Waals surface area contributed by atoms with Crippen molar-refractivity contribution in [3.8, 4) is 0 Å². The van der Waals surface area contributed by atoms with Crippen LogP contribution in [0.2, 0.25) is 5.02 Å². The molecule has 1 atom stereocenters. The Bertz CT molecular complexity index is 486. The third-order valence-electron chi connectivity index (χ3n) is 2.57. The Morgan fingerprint density at radius 3 is 2.94 bits per heavy atom. The molecule has 0 aliphatic heterocycles. The van der Waals surface area contributed by atoms with Gasteiger partial charge in [0, 0.05) is 10.4 Å². The normalized spacial score (nSPS) is 12.6. The van der Waals surface area contributed by atoms with Gasteiger partial charge in [-0.05, 0) is 42.1 Å². The molecule has 0 radical (unpaired) electrons. The van der Waals surface area contributed by atoms with Crippen molar-refractivity contribution in [1.29, 1.82) is 0 Å². The molecule has 1 aromatic heterocycles. The van der Waals surface area contributed by atoms with E-state index >= 15 is 0 Å². The summed E-state index contributed by atoms with van der Waals surface area (Å²) in [6.07, 6.45) is 0.695. The van der Waals surface area contributed by atoms with Crippen LogP contribution in [0.1, 0.15) is 22.9 Å². The van der Waals surface area contributed by atoms with Crippen LogP contribution in [0.5, 0.6) is 0 Å². The number of hydrazine groups is 1. The first-order chi connectivity index (χ1) is 8.20. The lowest BCUT2D eigenvalue weighted by atomic mass is 10.0. The molecule has 17 heavy (non-hydrogen) atoms. The molecule has 90 valence electrons. The number of aryl methyl sites for hydroxylation is 1. The molecule has 0 aliphatic rings. The van der Waals surface area contributed by atoms with Crippen LogP contribution in [0.3, 0.4) is 0 Å². The molecule has 1 unspecified atom stereocenters. The molecule has 4 nitrogen and oxygen atoms in total. The summed E-state index contributed by atoms with van der Waals surface area (Å²) >= 11 is 7.50. The Morgan fingerprint density at radius 1 is 1.53 bits per heavy atom. The third-order valence-corrected chi connectivity index (χ3v) is 3.44. The van der Waals surface area contributed by atoms with Gasteiger partial charge in [-0.1, -0.05) is 28.2 Å². The SMILES string of the molecule is Cc1ccc(CC(NN)c2csnn2)c(Cl)c1. The molecule has 0 saturated heterocycles. The van der Waals surface area contributed by atoms with Crippen LogP contribution < -0.4 is 11.3 Å². The van der Waals surface area contributed by atoms with Crippen molar-refractivity contribution >= 4 is 23.1 Å². The molecule has 0 spiro atoms. The van der Waals surface area contributed by atoms with Gasteiger partial charge in [-0.2, -0.15) is 0 Å². The topological polar surface area (TPSA) is 63.8 Å². The minimum atomic E-state index is -0.0612. The first-order valence-corrected chi connectivity index (χ1v) is 6.40. The number of hydrogen-bond donors (Lipinski definition) is 2. The van der Waals surface area contributed by atoms with Gasteiger partial charge in [-0.3, -0.25) is 11.3 Å². The van der Waals surface area contributed by atoms with Crippen molar-refractivity contribution in [2.45, 2.75) is 19.4 Å². The van der Waals surface area contributed by atoms with Crippen molar-refractivity contribution in [1.82, 2.24) is 15.0 Å². The minimum absolute atomic E-state index is 0.0612. The van der Waals surface area contributed by atoms with Crippen molar-refractivity contribution in [2.75, 3.05) is 0 Å². The lowest BCUT2D eigenvalue weighted by molar-refractivity contribution is 0.537. The monoisotopic (exact) mass is 268 g/mol. The van der Waals surface area contributed by atoms with E-state index < -0.39 is 0 Å². The first-order valence-electron chi connectivity index (χ1n) is 5.19. The van der Waals surface area contributed by atoms with Crippen molar-refractivity contribution in [3.05, 3.63) is 45.4 Å². The number of aromatic nitrogens is 2. The van der Waals surface area contributed by atoms with Gasteiger partial charge < -0.3 is 0 Å². The Balaban J connectivity index is 2.19. The quantitative estimate of drug-likeness (QED) is 0.659. The molecule has 0 amide bonds. The summed E-state index contributed by atoms with van der Waals surface area (Å²) in [7, 11) is 0. The van der Waals surface area contributed by atoms with Gasteiger partial charge in [-0.25, -0.2) is 0 Å². The van der Waals surface area contributed by atoms with Crippen LogP contribution in [0.25, 0.3) is 0 Å². The van der Waals surface area contributed by atoms with E-state index in [1.54, 1.807) is 0 Å². The van der Waals surface area contributed by atoms with E-state index in [4.69, 9.17) is 17.4 Å². The highest BCUT2D eigenvalue weighted by Crippen LogP contribution is 2.23. The van der Waals surface area contributed by atoms with E-state index in [1.165, 1.54) is 11.5 Å². The van der Waals surface area contributed by atoms with Crippen LogP contribution in [-0.4, -0.2) is 9.59 Å². The van der Waals surface area contributed by atoms with Crippen molar-refractivity contribution in [3.63, 3.8) is 0 Å². The molecule has 0 saturated carbocycles. The number of rotatable bonds is 4. The summed E-state index contributed by atoms with van der Waals surface area (Å²) in [5.74, 6) is 5.54. The lowest BCUT2D eigenvalue weighted by Gasteiger charge is -2.14. The van der Waals surface area contributed by atoms with Gasteiger partial charge in [0.05, 0.1) is 11.7 Å². The van der Waals surface area contributed by atoms with Crippen molar-refractivity contribution < 1.29 is 0 Å². The molecule has 1 aromatic carbocycles. The fraction of sp³-hybridized carbons (Fsp3) is 0.273. The zero-order valence-electron chi connectivity index (χ0n) is 9.35. The fourth-order valence-electron chi connectivity index (χ4n) is 1.61. The molecule has 0 bridgehead atoms. The predicted octanol–water partition coefficient (Wildman–Crippen LogP) is 2.25. The molecule has 2 rings (SSSR count). The number of halogens is 1. The number of hydrogen-bond acceptors (Lipinski definition) is 5. The predicted molar refractivity (Wildman–Crippen MR) is 69.9 cm³/mol. The second-order valence-corrected chi connectivity index (χ2v) is 4.87. The molecule has 3 N–H and O–H groups in total. The second kappa shape index (κ2) is 5.55. The van der Waals surface area contributed by atoms with E-state index in [-0.39, 0.29) is 6.04 Å². The summed E-state index contributed by atoms with van der Waals surface area (Å²) in [5.41, 5.74) is 5.78. The standard InChI is InChI=1S/C11H13ClN4S/c1-7-2-3-8(9(12)4-7)5-10(14-13)11-6-17-16-15-11/h2-4,6,10,14H,5,13H2,1H3. The number of nitrogens with zero attached hydrogens (tertiary/aromatic N) is 2. The summed E-state index contributed by atoms with van der Waals surface area (Å²) in [6, 6.07) is 5.94. The maximum absolute atomic E-state index is 6.19. The van der Waals surface area contributed by atoms with E-state index in [0.29, 0.717) is 6.42 Å². The zero-order valence-corrected chi connectivity index (χ0v) is 10.9. The van der Waals surface area contributed by atoms with Gasteiger partial charge >= 0.3 is 0 Å². The average Bonchev–Trinajstić information content (AvgIpc) is 2.81. The summed E-state index contributed by atoms with van der Waals surface area (Å²) < 4.78 is 3.83. The zero-order chi connectivity index (χ0) is 12.3. The second-order valence-electron chi connectivity index (χ2n) is 3.85. The molecule has 0 fully saturated rings. The van der Waals surface area contributed by atoms with E-state index in [2.05, 4.69) is 15.0 Å². The van der Waals surface area contributed by atoms with Crippen LogP contribution in [-0.2, 0) is 6.42 Å². The highest BCUT2D eigenvalue weighted by atomic mass is 35.5. The molecule has 0 aliphatic carbocycles. The summed E-state index contributed by atoms with van der Waals surface area (Å²) in [4.78, 5) is 0. The maximum atomic E-state index is 6.19. The summed E-state index contributed by atoms with van der Waals surface area (Å²) in [5, 5.41) is 6.65. The fourth-order valence-corrected chi connectivity index (χ4v) is 2.43. The van der Waals surface area contributed by atoms with Crippen LogP contribution in [0.15, 0.2) is 23.6 Å². The lowest BCUT2D eigenvalue weighted by Crippen LogP contribution is -2.30. The van der Waals surface area contributed by atoms with Crippen LogP contribution in [0.4, 0.5) is 0 Å². The molecular weight excluding hydrogens is 256 g/mol. The Labute approximate surface area is 109 Å². The maximum Gasteiger partial charge on any atom is 0.0941 e. The Morgan fingerprint density at radius 2 is 2.35 bits per heavy atom. The Hall–Kier alpha value is -1.01. The number of nitrogens with two attached hydrogens (primary N) is 1. The van der Waals surface area contributed by atoms with Gasteiger partial charge in [0.2, 0.25) is 0 Å². The highest BCUT2D eigenvalue weighted by Gasteiger charge is 2.14. The summed E-state index contributed by atoms with van der Waals surface area (Å²) in [6.45, 7) is 2.01. The van der Waals surface area contributed by atoms with E-state index in [9.17, 15) is 0 Å². The number of nitrogens with one attached hydrogen (secondary N) is 1. The largest absolute Gasteiger partial charge is 0.271 e. The minimum Gasteiger partial charge on any atom is -0.271 e. The average molecular weight is 269 g/mol. The Kier molecular flexibility index (Phi) is 4.06. The molecule has 1 heterocycles. The highest BCUT2D eigenvalue weighted by molar-refractivity contribution is 7.03. The molecule has 6 heteroatoms. The van der Waals surface area contributed by atoms with E-state index in [1.807, 2.05) is 30.5 Å². The van der Waals surface area contributed by atoms with Gasteiger partial charge in [0.1, 0.15) is 0 Å². The van der Waals surface area contributed by atoms with Gasteiger partial charge in [0.15, 0.2) is 0 Å². The third kappa shape index (κ3) is 3.01. The number of benzene rings is 1. The smallest absolute Gasteiger partial charge is 0.0941 e. The van der Waals surface area contributed by atoms with Gasteiger partial charge in [0.25, 0.3) is 0 Å². The molecular formula is C11H13ClN4S. The van der Waals surface area contributed by atoms with Crippen LogP contribution in [0, 0.1) is 6.92 Å². The molecule has 2 aromatic rings. The van der Waals surface area contributed by atoms with Crippen molar-refractivity contribution in [2.24, 2.45) is 5.84 Å². The first kappa shape index (κ1) is 12.4. The van der Waals surface area contributed by atoms with Crippen LogP contribution >= 0.6 is 23.1 Å². The van der Waals surface area contributed by atoms with Gasteiger partial charge in [-0.15, -0.1) is 5.10 Å². The van der Waals surface area contributed by atoms with E-state index in [0.717, 1.165) is 21.8 Å².